The average Bonchev–Trinajstić information content (AvgIpc) is 2.57. The molecule has 0 amide bonds. The van der Waals surface area contributed by atoms with E-state index >= 15 is 0 Å². The maximum absolute atomic E-state index is 13.3. The van der Waals surface area contributed by atoms with E-state index in [0.717, 1.165) is 11.6 Å². The molecule has 1 aliphatic heterocycles. The Bertz CT molecular complexity index is 846. The highest BCUT2D eigenvalue weighted by Crippen LogP contribution is 2.32. The molecule has 0 spiro atoms. The van der Waals surface area contributed by atoms with E-state index in [1.807, 2.05) is 31.2 Å². The van der Waals surface area contributed by atoms with Crippen LogP contribution in [0.25, 0.3) is 0 Å². The number of ether oxygens (including phenoxy) is 1. The van der Waals surface area contributed by atoms with Crippen LogP contribution in [0.1, 0.15) is 37.4 Å². The number of aromatic nitrogens is 1. The quantitative estimate of drug-likeness (QED) is 0.670. The van der Waals surface area contributed by atoms with Crippen LogP contribution in [0.5, 0.6) is 5.75 Å². The first-order chi connectivity index (χ1) is 13.1. The number of hydrogen-bond acceptors (Lipinski definition) is 4. The average molecular weight is 396 g/mol. The minimum absolute atomic E-state index is 0.0713. The second-order valence-electron chi connectivity index (χ2n) is 7.02. The molecule has 0 aliphatic carbocycles. The van der Waals surface area contributed by atoms with Crippen molar-refractivity contribution in [2.45, 2.75) is 38.5 Å². The smallest absolute Gasteiger partial charge is 0.436 e. The zero-order chi connectivity index (χ0) is 20.5. The number of Topliss-reactive ketones (excluding diaryl/α,β-unsaturated/α-hetero) is 1. The van der Waals surface area contributed by atoms with Crippen molar-refractivity contribution in [2.24, 2.45) is 0 Å². The van der Waals surface area contributed by atoms with Crippen molar-refractivity contribution < 1.29 is 27.1 Å². The molecule has 150 valence electrons. The van der Waals surface area contributed by atoms with E-state index in [0.29, 0.717) is 25.3 Å². The van der Waals surface area contributed by atoms with Crippen molar-refractivity contribution in [3.63, 3.8) is 0 Å². The van der Waals surface area contributed by atoms with Gasteiger partial charge >= 0.3 is 6.18 Å². The Balaban J connectivity index is 1.57. The highest BCUT2D eigenvalue weighted by atomic mass is 19.4. The molecule has 1 saturated heterocycles. The molecule has 2 aromatic rings. The first-order valence-electron chi connectivity index (χ1n) is 8.88. The number of carbonyl (C=O) groups is 1. The first-order valence-corrected chi connectivity index (χ1v) is 8.88. The van der Waals surface area contributed by atoms with Crippen LogP contribution < -0.4 is 9.64 Å². The second kappa shape index (κ2) is 7.77. The number of hydrogen-bond donors (Lipinski definition) is 0. The van der Waals surface area contributed by atoms with Gasteiger partial charge in [-0.2, -0.15) is 13.2 Å². The zero-order valence-corrected chi connectivity index (χ0v) is 15.5. The third-order valence-corrected chi connectivity index (χ3v) is 4.62. The van der Waals surface area contributed by atoms with E-state index in [9.17, 15) is 22.4 Å². The molecule has 28 heavy (non-hydrogen) atoms. The van der Waals surface area contributed by atoms with Gasteiger partial charge in [0.15, 0.2) is 11.5 Å². The van der Waals surface area contributed by atoms with Gasteiger partial charge in [-0.15, -0.1) is 0 Å². The lowest BCUT2D eigenvalue weighted by Gasteiger charge is -2.40. The Morgan fingerprint density at radius 2 is 1.86 bits per heavy atom. The molecule has 1 aliphatic rings. The molecule has 1 aromatic heterocycles. The number of nitrogens with zero attached hydrogens (tertiary/aromatic N) is 2. The van der Waals surface area contributed by atoms with E-state index in [4.69, 9.17) is 4.74 Å². The zero-order valence-electron chi connectivity index (χ0n) is 15.5. The number of anilines is 1. The number of pyridine rings is 1. The van der Waals surface area contributed by atoms with E-state index in [1.165, 1.54) is 6.07 Å². The van der Waals surface area contributed by atoms with Gasteiger partial charge in [-0.25, -0.2) is 9.37 Å². The Hall–Kier alpha value is -2.64. The SMILES string of the molecule is CC(=O)C[C@@H](C)c1ccc(OC2CN(c3ccc(F)c(C(F)(F)F)n3)C2)cc1. The number of alkyl halides is 3. The third-order valence-electron chi connectivity index (χ3n) is 4.62. The van der Waals surface area contributed by atoms with Gasteiger partial charge < -0.3 is 14.4 Å². The fourth-order valence-corrected chi connectivity index (χ4v) is 3.12. The van der Waals surface area contributed by atoms with Crippen molar-refractivity contribution in [1.82, 2.24) is 4.98 Å². The van der Waals surface area contributed by atoms with Crippen LogP contribution in [-0.2, 0) is 11.0 Å². The van der Waals surface area contributed by atoms with Crippen LogP contribution >= 0.6 is 0 Å². The summed E-state index contributed by atoms with van der Waals surface area (Å²) in [6, 6.07) is 9.43. The molecule has 3 rings (SSSR count). The van der Waals surface area contributed by atoms with Crippen LogP contribution in [0.3, 0.4) is 0 Å². The maximum Gasteiger partial charge on any atom is 0.436 e. The van der Waals surface area contributed by atoms with Crippen LogP contribution in [0.15, 0.2) is 36.4 Å². The number of benzene rings is 1. The molecule has 0 bridgehead atoms. The number of halogens is 4. The highest BCUT2D eigenvalue weighted by molar-refractivity contribution is 5.76. The lowest BCUT2D eigenvalue weighted by molar-refractivity contribution is -0.143. The third kappa shape index (κ3) is 4.61. The van der Waals surface area contributed by atoms with Gasteiger partial charge in [0.1, 0.15) is 23.5 Å². The summed E-state index contributed by atoms with van der Waals surface area (Å²) in [5.41, 5.74) is -0.474. The summed E-state index contributed by atoms with van der Waals surface area (Å²) in [6.45, 7) is 4.26. The predicted molar refractivity (Wildman–Crippen MR) is 96.0 cm³/mol. The lowest BCUT2D eigenvalue weighted by Crippen LogP contribution is -2.54. The van der Waals surface area contributed by atoms with Crippen LogP contribution in [-0.4, -0.2) is 30.0 Å². The van der Waals surface area contributed by atoms with E-state index in [-0.39, 0.29) is 23.6 Å². The summed E-state index contributed by atoms with van der Waals surface area (Å²) in [5.74, 6) is -0.416. The van der Waals surface area contributed by atoms with Crippen molar-refractivity contribution >= 4 is 11.6 Å². The summed E-state index contributed by atoms with van der Waals surface area (Å²) in [7, 11) is 0. The molecule has 1 atom stereocenters. The van der Waals surface area contributed by atoms with E-state index in [1.54, 1.807) is 11.8 Å². The molecule has 0 N–H and O–H groups in total. The molecule has 1 fully saturated rings. The van der Waals surface area contributed by atoms with Gasteiger partial charge in [0.25, 0.3) is 0 Å². The predicted octanol–water partition coefficient (Wildman–Crippen LogP) is 4.59. The minimum Gasteiger partial charge on any atom is -0.487 e. The van der Waals surface area contributed by atoms with Gasteiger partial charge in [-0.05, 0) is 42.7 Å². The molecule has 0 unspecified atom stereocenters. The molecule has 1 aromatic carbocycles. The maximum atomic E-state index is 13.3. The Labute approximate surface area is 160 Å². The molecular weight excluding hydrogens is 376 g/mol. The highest BCUT2D eigenvalue weighted by Gasteiger charge is 2.38. The minimum atomic E-state index is -4.83. The van der Waals surface area contributed by atoms with Crippen molar-refractivity contribution in [1.29, 1.82) is 0 Å². The fraction of sp³-hybridized carbons (Fsp3) is 0.400. The van der Waals surface area contributed by atoms with Crippen LogP contribution in [0.2, 0.25) is 0 Å². The Kier molecular flexibility index (Phi) is 5.58. The van der Waals surface area contributed by atoms with E-state index in [2.05, 4.69) is 4.98 Å². The lowest BCUT2D eigenvalue weighted by atomic mass is 9.96. The van der Waals surface area contributed by atoms with Crippen LogP contribution in [0.4, 0.5) is 23.4 Å². The fourth-order valence-electron chi connectivity index (χ4n) is 3.12. The van der Waals surface area contributed by atoms with Gasteiger partial charge in [-0.1, -0.05) is 19.1 Å². The molecule has 8 heteroatoms. The monoisotopic (exact) mass is 396 g/mol. The first kappa shape index (κ1) is 20.1. The second-order valence-corrected chi connectivity index (χ2v) is 7.02. The van der Waals surface area contributed by atoms with Crippen molar-refractivity contribution in [3.8, 4) is 5.75 Å². The van der Waals surface area contributed by atoms with Gasteiger partial charge in [0, 0.05) is 6.42 Å². The number of carbonyl (C=O) groups excluding carboxylic acids is 1. The van der Waals surface area contributed by atoms with Crippen molar-refractivity contribution in [2.75, 3.05) is 18.0 Å². The molecule has 4 nitrogen and oxygen atoms in total. The van der Waals surface area contributed by atoms with E-state index < -0.39 is 17.7 Å². The normalized spacial score (nSPS) is 15.9. The molecule has 0 radical (unpaired) electrons. The summed E-state index contributed by atoms with van der Waals surface area (Å²) in [4.78, 5) is 16.2. The largest absolute Gasteiger partial charge is 0.487 e. The standard InChI is InChI=1S/C20H20F4N2O2/c1-12(9-13(2)27)14-3-5-15(6-4-14)28-16-10-26(11-16)18-8-7-17(21)19(25-18)20(22,23)24/h3-8,12,16H,9-11H2,1-2H3/t12-/m1/s1. The molecule has 2 heterocycles. The topological polar surface area (TPSA) is 42.4 Å². The summed E-state index contributed by atoms with van der Waals surface area (Å²) in [5, 5.41) is 0. The Morgan fingerprint density at radius 3 is 2.43 bits per heavy atom. The van der Waals surface area contributed by atoms with Gasteiger partial charge in [-0.3, -0.25) is 0 Å². The van der Waals surface area contributed by atoms with Gasteiger partial charge in [0.05, 0.1) is 13.1 Å². The Morgan fingerprint density at radius 1 is 1.21 bits per heavy atom. The van der Waals surface area contributed by atoms with Gasteiger partial charge in [0.2, 0.25) is 0 Å². The summed E-state index contributed by atoms with van der Waals surface area (Å²) in [6.07, 6.45) is -4.55. The van der Waals surface area contributed by atoms with Crippen LogP contribution in [0, 0.1) is 5.82 Å². The number of ketones is 1. The molecular formula is C20H20F4N2O2. The molecule has 0 saturated carbocycles. The summed E-state index contributed by atoms with van der Waals surface area (Å²) < 4.78 is 57.5. The van der Waals surface area contributed by atoms with Crippen molar-refractivity contribution in [3.05, 3.63) is 53.5 Å². The summed E-state index contributed by atoms with van der Waals surface area (Å²) >= 11 is 0. The number of rotatable bonds is 6.